The van der Waals surface area contributed by atoms with Gasteiger partial charge in [-0.05, 0) is 49.2 Å². The van der Waals surface area contributed by atoms with Crippen molar-refractivity contribution in [2.45, 2.75) is 19.3 Å². The van der Waals surface area contributed by atoms with Crippen LogP contribution in [0.5, 0.6) is 5.75 Å². The molecule has 7 heteroatoms. The topological polar surface area (TPSA) is 59.6 Å². The zero-order chi connectivity index (χ0) is 17.1. The lowest BCUT2D eigenvalue weighted by Crippen LogP contribution is -2.20. The number of hydrogen-bond donors (Lipinski definition) is 2. The van der Waals surface area contributed by atoms with Gasteiger partial charge in [-0.2, -0.15) is 0 Å². The number of thiocarbonyl (C=S) groups is 1. The predicted molar refractivity (Wildman–Crippen MR) is 101 cm³/mol. The van der Waals surface area contributed by atoms with Gasteiger partial charge in [0.25, 0.3) is 0 Å². The molecule has 0 fully saturated rings. The highest BCUT2D eigenvalue weighted by molar-refractivity contribution is 7.80. The fourth-order valence-electron chi connectivity index (χ4n) is 2.78. The first-order valence-electron chi connectivity index (χ1n) is 7.57. The Hall–Kier alpha value is -2.12. The molecule has 0 aliphatic heterocycles. The Morgan fingerprint density at radius 1 is 1.25 bits per heavy atom. The van der Waals surface area contributed by atoms with E-state index < -0.39 is 0 Å². The van der Waals surface area contributed by atoms with Gasteiger partial charge >= 0.3 is 5.97 Å². The van der Waals surface area contributed by atoms with Crippen molar-refractivity contribution in [1.29, 1.82) is 0 Å². The van der Waals surface area contributed by atoms with Crippen LogP contribution in [0.25, 0.3) is 0 Å². The third-order valence-electron chi connectivity index (χ3n) is 3.87. The Balaban J connectivity index is 1.78. The summed E-state index contributed by atoms with van der Waals surface area (Å²) in [7, 11) is 3.02. The predicted octanol–water partition coefficient (Wildman–Crippen LogP) is 3.84. The summed E-state index contributed by atoms with van der Waals surface area (Å²) < 4.78 is 10.1. The lowest BCUT2D eigenvalue weighted by molar-refractivity contribution is 0.0601. The number of methoxy groups -OCH3 is 2. The number of nitrogens with one attached hydrogen (secondary N) is 2. The van der Waals surface area contributed by atoms with Crippen LogP contribution < -0.4 is 15.4 Å². The van der Waals surface area contributed by atoms with E-state index in [9.17, 15) is 4.79 Å². The largest absolute Gasteiger partial charge is 0.497 e. The number of fused-ring (bicyclic) bond motifs is 1. The van der Waals surface area contributed by atoms with E-state index in [-0.39, 0.29) is 5.97 Å². The molecule has 3 rings (SSSR count). The highest BCUT2D eigenvalue weighted by Gasteiger charge is 2.27. The molecule has 1 aromatic carbocycles. The molecule has 0 amide bonds. The Morgan fingerprint density at radius 3 is 2.83 bits per heavy atom. The zero-order valence-electron chi connectivity index (χ0n) is 13.5. The Kier molecular flexibility index (Phi) is 5.01. The normalized spacial score (nSPS) is 12.4. The molecule has 0 bridgehead atoms. The maximum atomic E-state index is 12.1. The average molecular weight is 362 g/mol. The summed E-state index contributed by atoms with van der Waals surface area (Å²) in [5.41, 5.74) is 2.53. The summed E-state index contributed by atoms with van der Waals surface area (Å²) >= 11 is 6.95. The Bertz CT molecular complexity index is 786. The third-order valence-corrected chi connectivity index (χ3v) is 5.28. The number of aryl methyl sites for hydroxylation is 1. The van der Waals surface area contributed by atoms with Gasteiger partial charge in [-0.15, -0.1) is 11.3 Å². The van der Waals surface area contributed by atoms with Crippen molar-refractivity contribution in [3.8, 4) is 5.75 Å². The van der Waals surface area contributed by atoms with Gasteiger partial charge < -0.3 is 20.1 Å². The monoisotopic (exact) mass is 362 g/mol. The molecule has 5 nitrogen and oxygen atoms in total. The van der Waals surface area contributed by atoms with Gasteiger partial charge in [-0.25, -0.2) is 4.79 Å². The summed E-state index contributed by atoms with van der Waals surface area (Å²) in [5.74, 6) is 0.425. The summed E-state index contributed by atoms with van der Waals surface area (Å²) in [4.78, 5) is 13.4. The van der Waals surface area contributed by atoms with E-state index in [0.717, 1.165) is 41.3 Å². The molecular formula is C17H18N2O3S2. The summed E-state index contributed by atoms with van der Waals surface area (Å²) in [6, 6.07) is 7.49. The lowest BCUT2D eigenvalue weighted by atomic mass is 10.1. The molecule has 0 radical (unpaired) electrons. The number of thiophene rings is 1. The molecular weight excluding hydrogens is 344 g/mol. The second kappa shape index (κ2) is 7.19. The molecule has 1 aliphatic rings. The SMILES string of the molecule is COC(=O)c1c(NC(=S)Nc2cccc(OC)c2)sc2c1CCC2. The molecule has 24 heavy (non-hydrogen) atoms. The van der Waals surface area contributed by atoms with Gasteiger partial charge in [0, 0.05) is 16.6 Å². The highest BCUT2D eigenvalue weighted by Crippen LogP contribution is 2.39. The van der Waals surface area contributed by atoms with E-state index in [1.165, 1.54) is 12.0 Å². The quantitative estimate of drug-likeness (QED) is 0.637. The maximum Gasteiger partial charge on any atom is 0.341 e. The molecule has 2 aromatic rings. The highest BCUT2D eigenvalue weighted by atomic mass is 32.1. The second-order valence-corrected chi connectivity index (χ2v) is 6.88. The van der Waals surface area contributed by atoms with Crippen molar-refractivity contribution in [1.82, 2.24) is 0 Å². The van der Waals surface area contributed by atoms with E-state index in [0.29, 0.717) is 10.7 Å². The number of hydrogen-bond acceptors (Lipinski definition) is 5. The second-order valence-electron chi connectivity index (χ2n) is 5.36. The number of carbonyl (C=O) groups excluding carboxylic acids is 1. The van der Waals surface area contributed by atoms with Gasteiger partial charge in [-0.1, -0.05) is 6.07 Å². The van der Waals surface area contributed by atoms with Crippen molar-refractivity contribution in [3.63, 3.8) is 0 Å². The van der Waals surface area contributed by atoms with Gasteiger partial charge in [0.15, 0.2) is 5.11 Å². The van der Waals surface area contributed by atoms with E-state index >= 15 is 0 Å². The number of esters is 1. The number of anilines is 2. The third kappa shape index (κ3) is 3.37. The van der Waals surface area contributed by atoms with Crippen LogP contribution in [0, 0.1) is 0 Å². The average Bonchev–Trinajstić information content (AvgIpc) is 3.14. The Labute approximate surface area is 150 Å². The number of carbonyl (C=O) groups is 1. The number of benzene rings is 1. The van der Waals surface area contributed by atoms with Gasteiger partial charge in [0.05, 0.1) is 19.8 Å². The first-order valence-corrected chi connectivity index (χ1v) is 8.79. The first kappa shape index (κ1) is 16.7. The van der Waals surface area contributed by atoms with E-state index in [2.05, 4.69) is 10.6 Å². The van der Waals surface area contributed by atoms with Crippen LogP contribution in [-0.4, -0.2) is 25.3 Å². The molecule has 1 aromatic heterocycles. The molecule has 1 aliphatic carbocycles. The van der Waals surface area contributed by atoms with Crippen LogP contribution in [0.3, 0.4) is 0 Å². The lowest BCUT2D eigenvalue weighted by Gasteiger charge is -2.12. The van der Waals surface area contributed by atoms with Crippen molar-refractivity contribution in [2.75, 3.05) is 24.9 Å². The van der Waals surface area contributed by atoms with Gasteiger partial charge in [0.1, 0.15) is 10.8 Å². The minimum atomic E-state index is -0.318. The first-order chi connectivity index (χ1) is 11.6. The molecule has 1 heterocycles. The smallest absolute Gasteiger partial charge is 0.341 e. The van der Waals surface area contributed by atoms with Crippen LogP contribution in [0.1, 0.15) is 27.2 Å². The maximum absolute atomic E-state index is 12.1. The van der Waals surface area contributed by atoms with Crippen molar-refractivity contribution in [3.05, 3.63) is 40.3 Å². The summed E-state index contributed by atoms with van der Waals surface area (Å²) in [5, 5.41) is 7.41. The van der Waals surface area contributed by atoms with Crippen LogP contribution in [0.15, 0.2) is 24.3 Å². The summed E-state index contributed by atoms with van der Waals surface area (Å²) in [6.07, 6.45) is 2.99. The van der Waals surface area contributed by atoms with Crippen LogP contribution in [-0.2, 0) is 17.6 Å². The van der Waals surface area contributed by atoms with Crippen molar-refractivity contribution >= 4 is 45.3 Å². The molecule has 0 saturated carbocycles. The fraction of sp³-hybridized carbons (Fsp3) is 0.294. The number of rotatable bonds is 4. The molecule has 0 unspecified atom stereocenters. The van der Waals surface area contributed by atoms with Crippen LogP contribution in [0.4, 0.5) is 10.7 Å². The Morgan fingerprint density at radius 2 is 2.08 bits per heavy atom. The molecule has 126 valence electrons. The van der Waals surface area contributed by atoms with Crippen LogP contribution in [0.2, 0.25) is 0 Å². The molecule has 2 N–H and O–H groups in total. The number of ether oxygens (including phenoxy) is 2. The van der Waals surface area contributed by atoms with Gasteiger partial charge in [0.2, 0.25) is 0 Å². The van der Waals surface area contributed by atoms with Gasteiger partial charge in [-0.3, -0.25) is 0 Å². The minimum Gasteiger partial charge on any atom is -0.497 e. The van der Waals surface area contributed by atoms with Crippen molar-refractivity contribution in [2.24, 2.45) is 0 Å². The standard InChI is InChI=1S/C17H18N2O3S2/c1-21-11-6-3-5-10(9-11)18-17(23)19-15-14(16(20)22-2)12-7-4-8-13(12)24-15/h3,5-6,9H,4,7-8H2,1-2H3,(H2,18,19,23). The van der Waals surface area contributed by atoms with E-state index in [1.807, 2.05) is 24.3 Å². The minimum absolute atomic E-state index is 0.318. The molecule has 0 spiro atoms. The molecule has 0 saturated heterocycles. The molecule has 0 atom stereocenters. The summed E-state index contributed by atoms with van der Waals surface area (Å²) in [6.45, 7) is 0. The van der Waals surface area contributed by atoms with E-state index in [1.54, 1.807) is 18.4 Å². The van der Waals surface area contributed by atoms with Crippen molar-refractivity contribution < 1.29 is 14.3 Å². The van der Waals surface area contributed by atoms with Crippen LogP contribution >= 0.6 is 23.6 Å². The van der Waals surface area contributed by atoms with E-state index in [4.69, 9.17) is 21.7 Å². The fourth-order valence-corrected chi connectivity index (χ4v) is 4.34. The zero-order valence-corrected chi connectivity index (χ0v) is 15.1.